The van der Waals surface area contributed by atoms with Crippen molar-refractivity contribution >= 4 is 27.4 Å². The number of hydrogen-bond acceptors (Lipinski definition) is 3. The van der Waals surface area contributed by atoms with Crippen molar-refractivity contribution in [1.82, 2.24) is 0 Å². The zero-order valence-corrected chi connectivity index (χ0v) is 9.22. The molecule has 82 valence electrons. The van der Waals surface area contributed by atoms with Crippen LogP contribution in [0.3, 0.4) is 0 Å². The van der Waals surface area contributed by atoms with Gasteiger partial charge < -0.3 is 5.11 Å². The van der Waals surface area contributed by atoms with Crippen LogP contribution in [0.15, 0.2) is 0 Å². The molecule has 4 nitrogen and oxygen atoms in total. The summed E-state index contributed by atoms with van der Waals surface area (Å²) < 4.78 is 23.1. The van der Waals surface area contributed by atoms with Crippen LogP contribution in [0.25, 0.3) is 0 Å². The molecule has 0 bridgehead atoms. The highest BCUT2D eigenvalue weighted by Gasteiger charge is 2.35. The van der Waals surface area contributed by atoms with Crippen molar-refractivity contribution in [1.29, 1.82) is 0 Å². The van der Waals surface area contributed by atoms with E-state index in [2.05, 4.69) is 0 Å². The Bertz CT molecular complexity index is 311. The molecule has 0 spiro atoms. The Morgan fingerprint density at radius 3 is 2.43 bits per heavy atom. The quantitative estimate of drug-likeness (QED) is 0.748. The standard InChI is InChI=1S/C8H13ClO4S/c9-6-3-1-2-4-7(6)14(12,13)5-8(10)11/h6-7H,1-5H2,(H,10,11). The fourth-order valence-electron chi connectivity index (χ4n) is 1.74. The molecule has 1 fully saturated rings. The summed E-state index contributed by atoms with van der Waals surface area (Å²) in [6.07, 6.45) is 2.88. The Labute approximate surface area is 88.2 Å². The summed E-state index contributed by atoms with van der Waals surface area (Å²) in [7, 11) is -3.56. The van der Waals surface area contributed by atoms with Gasteiger partial charge in [0.25, 0.3) is 0 Å². The van der Waals surface area contributed by atoms with E-state index in [1.807, 2.05) is 0 Å². The second-order valence-corrected chi connectivity index (χ2v) is 6.32. The van der Waals surface area contributed by atoms with Crippen LogP contribution < -0.4 is 0 Å². The number of rotatable bonds is 3. The lowest BCUT2D eigenvalue weighted by atomic mass is 10.00. The third-order valence-electron chi connectivity index (χ3n) is 2.41. The maximum absolute atomic E-state index is 11.5. The van der Waals surface area contributed by atoms with Gasteiger partial charge in [0.05, 0.1) is 10.6 Å². The van der Waals surface area contributed by atoms with E-state index < -0.39 is 32.2 Å². The fourth-order valence-corrected chi connectivity index (χ4v) is 4.16. The lowest BCUT2D eigenvalue weighted by Crippen LogP contribution is -2.37. The van der Waals surface area contributed by atoms with Gasteiger partial charge in [-0.3, -0.25) is 4.79 Å². The molecule has 0 heterocycles. The Hall–Kier alpha value is -0.290. The van der Waals surface area contributed by atoms with Gasteiger partial charge in [0.1, 0.15) is 5.75 Å². The predicted molar refractivity (Wildman–Crippen MR) is 53.3 cm³/mol. The minimum absolute atomic E-state index is 0.423. The molecule has 0 aromatic carbocycles. The van der Waals surface area contributed by atoms with Crippen molar-refractivity contribution in [2.45, 2.75) is 36.3 Å². The van der Waals surface area contributed by atoms with Crippen LogP contribution in [0.5, 0.6) is 0 Å². The maximum Gasteiger partial charge on any atom is 0.318 e. The summed E-state index contributed by atoms with van der Waals surface area (Å²) in [6, 6.07) is 0. The molecular weight excluding hydrogens is 228 g/mol. The van der Waals surface area contributed by atoms with Gasteiger partial charge in [-0.05, 0) is 12.8 Å². The summed E-state index contributed by atoms with van der Waals surface area (Å²) in [5.41, 5.74) is 0. The van der Waals surface area contributed by atoms with E-state index in [1.54, 1.807) is 0 Å². The van der Waals surface area contributed by atoms with E-state index in [9.17, 15) is 13.2 Å². The van der Waals surface area contributed by atoms with Gasteiger partial charge in [0.2, 0.25) is 0 Å². The first-order valence-corrected chi connectivity index (χ1v) is 6.66. The molecule has 1 N–H and O–H groups in total. The number of carboxylic acid groups (broad SMARTS) is 1. The summed E-state index contributed by atoms with van der Waals surface area (Å²) in [5.74, 6) is -2.11. The maximum atomic E-state index is 11.5. The van der Waals surface area contributed by atoms with E-state index in [0.717, 1.165) is 12.8 Å². The smallest absolute Gasteiger partial charge is 0.318 e. The summed E-state index contributed by atoms with van der Waals surface area (Å²) in [6.45, 7) is 0. The van der Waals surface area contributed by atoms with Crippen molar-refractivity contribution in [2.24, 2.45) is 0 Å². The number of alkyl halides is 1. The fraction of sp³-hybridized carbons (Fsp3) is 0.875. The van der Waals surface area contributed by atoms with Crippen LogP contribution in [-0.2, 0) is 14.6 Å². The first-order valence-electron chi connectivity index (χ1n) is 4.51. The normalized spacial score (nSPS) is 28.6. The summed E-state index contributed by atoms with van der Waals surface area (Å²) >= 11 is 5.88. The highest BCUT2D eigenvalue weighted by molar-refractivity contribution is 7.92. The lowest BCUT2D eigenvalue weighted by Gasteiger charge is -2.25. The number of halogens is 1. The Morgan fingerprint density at radius 1 is 1.36 bits per heavy atom. The summed E-state index contributed by atoms with van der Waals surface area (Å²) in [5, 5.41) is 7.35. The van der Waals surface area contributed by atoms with Gasteiger partial charge in [-0.2, -0.15) is 0 Å². The molecule has 1 aliphatic carbocycles. The number of carboxylic acids is 1. The van der Waals surface area contributed by atoms with Gasteiger partial charge >= 0.3 is 5.97 Å². The van der Waals surface area contributed by atoms with Crippen LogP contribution in [0.2, 0.25) is 0 Å². The number of sulfone groups is 1. The van der Waals surface area contributed by atoms with Crippen molar-refractivity contribution in [3.8, 4) is 0 Å². The number of carbonyl (C=O) groups is 1. The molecule has 0 radical (unpaired) electrons. The SMILES string of the molecule is O=C(O)CS(=O)(=O)C1CCCCC1Cl. The summed E-state index contributed by atoms with van der Waals surface area (Å²) in [4.78, 5) is 10.3. The molecule has 0 saturated heterocycles. The molecular formula is C8H13ClO4S. The molecule has 2 atom stereocenters. The van der Waals surface area contributed by atoms with E-state index in [1.165, 1.54) is 0 Å². The Kier molecular flexibility index (Phi) is 3.78. The minimum Gasteiger partial charge on any atom is -0.480 e. The molecule has 1 saturated carbocycles. The first-order chi connectivity index (χ1) is 6.43. The molecule has 0 amide bonds. The molecule has 1 aliphatic rings. The monoisotopic (exact) mass is 240 g/mol. The first kappa shape index (κ1) is 11.8. The molecule has 6 heteroatoms. The van der Waals surface area contributed by atoms with Gasteiger partial charge in [0, 0.05) is 0 Å². The van der Waals surface area contributed by atoms with Crippen molar-refractivity contribution < 1.29 is 18.3 Å². The molecule has 0 aromatic heterocycles. The molecule has 1 rings (SSSR count). The third kappa shape index (κ3) is 2.85. The largest absolute Gasteiger partial charge is 0.480 e. The van der Waals surface area contributed by atoms with Crippen molar-refractivity contribution in [3.63, 3.8) is 0 Å². The van der Waals surface area contributed by atoms with Crippen LogP contribution >= 0.6 is 11.6 Å². The average molecular weight is 241 g/mol. The van der Waals surface area contributed by atoms with Gasteiger partial charge in [0.15, 0.2) is 9.84 Å². The topological polar surface area (TPSA) is 71.4 Å². The third-order valence-corrected chi connectivity index (χ3v) is 5.22. The lowest BCUT2D eigenvalue weighted by molar-refractivity contribution is -0.134. The zero-order chi connectivity index (χ0) is 10.8. The van der Waals surface area contributed by atoms with Crippen molar-refractivity contribution in [2.75, 3.05) is 5.75 Å². The minimum atomic E-state index is -3.56. The molecule has 2 unspecified atom stereocenters. The Morgan fingerprint density at radius 2 is 1.93 bits per heavy atom. The van der Waals surface area contributed by atoms with Crippen LogP contribution in [0.1, 0.15) is 25.7 Å². The van der Waals surface area contributed by atoms with Crippen LogP contribution in [0.4, 0.5) is 0 Å². The van der Waals surface area contributed by atoms with E-state index in [4.69, 9.17) is 16.7 Å². The molecule has 0 aromatic rings. The van der Waals surface area contributed by atoms with Crippen LogP contribution in [0, 0.1) is 0 Å². The zero-order valence-electron chi connectivity index (χ0n) is 7.65. The molecule has 0 aliphatic heterocycles. The van der Waals surface area contributed by atoms with Crippen LogP contribution in [-0.4, -0.2) is 35.9 Å². The van der Waals surface area contributed by atoms with E-state index >= 15 is 0 Å². The average Bonchev–Trinajstić information content (AvgIpc) is 2.02. The highest BCUT2D eigenvalue weighted by atomic mass is 35.5. The predicted octanol–water partition coefficient (Wildman–Crippen LogP) is 1.04. The molecule has 14 heavy (non-hydrogen) atoms. The van der Waals surface area contributed by atoms with E-state index in [0.29, 0.717) is 12.8 Å². The second-order valence-electron chi connectivity index (χ2n) is 3.54. The van der Waals surface area contributed by atoms with E-state index in [-0.39, 0.29) is 0 Å². The van der Waals surface area contributed by atoms with Gasteiger partial charge in [-0.1, -0.05) is 12.8 Å². The second kappa shape index (κ2) is 4.49. The highest BCUT2D eigenvalue weighted by Crippen LogP contribution is 2.28. The van der Waals surface area contributed by atoms with Gasteiger partial charge in [-0.25, -0.2) is 8.42 Å². The number of hydrogen-bond donors (Lipinski definition) is 1. The Balaban J connectivity index is 2.75. The van der Waals surface area contributed by atoms with Gasteiger partial charge in [-0.15, -0.1) is 11.6 Å². The van der Waals surface area contributed by atoms with Crippen molar-refractivity contribution in [3.05, 3.63) is 0 Å². The number of aliphatic carboxylic acids is 1.